The highest BCUT2D eigenvalue weighted by atomic mass is 15.2. The number of hydrogen-bond acceptors (Lipinski definition) is 9. The SMILES string of the molecule is c1ccc(-c2cc(-c3ccccc3)c3c(c2)c2ccccc2n3-c2nc(-c3cccc4ccccc34)nc(-c3cccc4ccccc34)n2)cc1.c1ccc(-c2cc(-c3ccccc3)c3c(c2)c2ccccc2n3-c2nc(-c3ccccc3)nc(-c3ccc4ccccc4c3)n2)cc1.c1ccc(-c2cccc(-c3cc(-c4ccccc4)c4c(c3)c3ccccc3n4-c3nc(-c4ccccc4)nc(-c4ccccc4)n3)c2)cc1. The maximum atomic E-state index is 5.36. The number of fused-ring (bicyclic) bond motifs is 12. The zero-order valence-electron chi connectivity index (χ0n) is 79.7. The van der Waals surface area contributed by atoms with Crippen LogP contribution in [-0.4, -0.2) is 58.6 Å². The van der Waals surface area contributed by atoms with Crippen molar-refractivity contribution in [3.05, 3.63) is 534 Å². The average Bonchev–Trinajstić information content (AvgIpc) is 1.57. The van der Waals surface area contributed by atoms with E-state index in [1.165, 1.54) is 27.6 Å². The topological polar surface area (TPSA) is 131 Å². The van der Waals surface area contributed by atoms with Gasteiger partial charge in [-0.2, -0.15) is 29.9 Å². The van der Waals surface area contributed by atoms with E-state index in [2.05, 4.69) is 469 Å². The summed E-state index contributed by atoms with van der Waals surface area (Å²) in [4.78, 5) is 46.8. The summed E-state index contributed by atoms with van der Waals surface area (Å²) >= 11 is 0. The summed E-state index contributed by atoms with van der Waals surface area (Å²) < 4.78 is 6.69. The van der Waals surface area contributed by atoms with Gasteiger partial charge in [-0.3, -0.25) is 13.7 Å². The molecule has 147 heavy (non-hydrogen) atoms. The highest BCUT2D eigenvalue weighted by molar-refractivity contribution is 6.18. The molecule has 688 valence electrons. The minimum atomic E-state index is 0.576. The molecule has 0 bridgehead atoms. The molecule has 6 aromatic heterocycles. The van der Waals surface area contributed by atoms with Gasteiger partial charge in [-0.25, -0.2) is 15.0 Å². The number of hydrogen-bond donors (Lipinski definition) is 0. The molecular weight excluding hydrogens is 1790 g/mol. The molecule has 0 atom stereocenters. The fraction of sp³-hybridized carbons (Fsp3) is 0. The van der Waals surface area contributed by atoms with Gasteiger partial charge in [0.15, 0.2) is 34.9 Å². The van der Waals surface area contributed by atoms with Gasteiger partial charge in [0.25, 0.3) is 0 Å². The van der Waals surface area contributed by atoms with E-state index in [4.69, 9.17) is 44.9 Å². The minimum Gasteiger partial charge on any atom is -0.277 e. The van der Waals surface area contributed by atoms with Gasteiger partial charge < -0.3 is 0 Å². The normalized spacial score (nSPS) is 11.4. The summed E-state index contributed by atoms with van der Waals surface area (Å²) in [6.07, 6.45) is 0. The zero-order valence-corrected chi connectivity index (χ0v) is 79.7. The molecule has 0 N–H and O–H groups in total. The summed E-state index contributed by atoms with van der Waals surface area (Å²) in [7, 11) is 0. The maximum Gasteiger partial charge on any atom is 0.238 e. The molecule has 22 aromatic carbocycles. The Labute approximate surface area is 848 Å². The first kappa shape index (κ1) is 87.3. The van der Waals surface area contributed by atoms with E-state index in [9.17, 15) is 0 Å². The summed E-state index contributed by atoms with van der Waals surface area (Å²) in [5, 5.41) is 13.6. The van der Waals surface area contributed by atoms with Gasteiger partial charge in [-0.05, 0) is 160 Å². The Morgan fingerprint density at radius 2 is 0.361 bits per heavy atom. The highest BCUT2D eigenvalue weighted by Crippen LogP contribution is 2.48. The van der Waals surface area contributed by atoms with Crippen LogP contribution in [-0.2, 0) is 0 Å². The lowest BCUT2D eigenvalue weighted by molar-refractivity contribution is 0.953. The van der Waals surface area contributed by atoms with Crippen LogP contribution >= 0.6 is 0 Å². The molecule has 0 amide bonds. The fourth-order valence-electron chi connectivity index (χ4n) is 20.8. The maximum absolute atomic E-state index is 5.36. The van der Waals surface area contributed by atoms with E-state index in [1.54, 1.807) is 0 Å². The van der Waals surface area contributed by atoms with Crippen LogP contribution in [0.3, 0.4) is 0 Å². The van der Waals surface area contributed by atoms with Crippen LogP contribution in [0.1, 0.15) is 0 Å². The molecule has 0 saturated carbocycles. The Morgan fingerprint density at radius 3 is 0.721 bits per heavy atom. The molecular formula is C135H88N12. The van der Waals surface area contributed by atoms with E-state index in [0.29, 0.717) is 52.8 Å². The lowest BCUT2D eigenvalue weighted by Gasteiger charge is -2.15. The van der Waals surface area contributed by atoms with Crippen molar-refractivity contribution < 1.29 is 0 Å². The highest BCUT2D eigenvalue weighted by Gasteiger charge is 2.28. The number of aromatic nitrogens is 12. The van der Waals surface area contributed by atoms with E-state index >= 15 is 0 Å². The van der Waals surface area contributed by atoms with Gasteiger partial charge in [-0.1, -0.05) is 467 Å². The number of nitrogens with zero attached hydrogens (tertiary/aromatic N) is 12. The smallest absolute Gasteiger partial charge is 0.238 e. The van der Waals surface area contributed by atoms with Crippen LogP contribution in [0.4, 0.5) is 0 Å². The second kappa shape index (κ2) is 38.2. The van der Waals surface area contributed by atoms with Crippen molar-refractivity contribution in [3.8, 4) is 164 Å². The Balaban J connectivity index is 0.000000112. The second-order valence-electron chi connectivity index (χ2n) is 36.7. The minimum absolute atomic E-state index is 0.576. The quantitative estimate of drug-likeness (QED) is 0.0928. The van der Waals surface area contributed by atoms with E-state index < -0.39 is 0 Å². The third-order valence-corrected chi connectivity index (χ3v) is 27.7. The standard InChI is InChI=1S/C47H30N4.C45H30N4.C43H28N4/c1-3-15-31(16-4-1)35-29-41(34-17-5-2-6-18-34)44-42(30-35)38-25-11-12-28-43(38)51(44)47-49-45(39-26-13-21-32-19-7-9-23-36(32)39)48-46(50-47)40-27-14-22-33-20-8-10-24-37(33)40;1-5-16-31(17-6-1)35-24-15-25-36(28-35)37-29-39(32-18-7-2-8-19-32)42-40(30-37)38-26-13-14-27-41(38)49(42)45-47-43(33-20-9-3-10-21-33)46-44(48-45)34-22-11-4-12-23-34;1-4-14-29(15-5-1)35-27-37(31-17-6-2-7-18-31)40-38(28-35)36-22-12-13-23-39(36)47(40)43-45-41(32-19-8-3-9-20-32)44-42(46-43)34-25-24-30-16-10-11-21-33(30)26-34/h1-30H;1-30H;1-28H. The molecule has 28 rings (SSSR count). The summed E-state index contributed by atoms with van der Waals surface area (Å²) in [6, 6.07) is 187. The molecule has 0 spiro atoms. The molecule has 0 fully saturated rings. The predicted octanol–water partition coefficient (Wildman–Crippen LogP) is 34.0. The third-order valence-electron chi connectivity index (χ3n) is 27.7. The van der Waals surface area contributed by atoms with Crippen molar-refractivity contribution >= 4 is 97.7 Å². The Bertz CT molecular complexity index is 9670. The fourth-order valence-corrected chi connectivity index (χ4v) is 20.8. The first-order valence-electron chi connectivity index (χ1n) is 49.5. The van der Waals surface area contributed by atoms with E-state index in [-0.39, 0.29) is 0 Å². The van der Waals surface area contributed by atoms with Crippen molar-refractivity contribution in [1.29, 1.82) is 0 Å². The van der Waals surface area contributed by atoms with E-state index in [0.717, 1.165) is 181 Å². The molecule has 12 nitrogen and oxygen atoms in total. The van der Waals surface area contributed by atoms with Crippen molar-refractivity contribution in [1.82, 2.24) is 58.6 Å². The number of para-hydroxylation sites is 3. The number of rotatable bonds is 16. The van der Waals surface area contributed by atoms with Crippen molar-refractivity contribution in [2.24, 2.45) is 0 Å². The summed E-state index contributed by atoms with van der Waals surface area (Å²) in [6.45, 7) is 0. The van der Waals surface area contributed by atoms with Crippen LogP contribution in [0.2, 0.25) is 0 Å². The van der Waals surface area contributed by atoms with Crippen molar-refractivity contribution in [3.63, 3.8) is 0 Å². The Morgan fingerprint density at radius 1 is 0.116 bits per heavy atom. The molecule has 12 heteroatoms. The first-order chi connectivity index (χ1) is 72.9. The van der Waals surface area contributed by atoms with Crippen LogP contribution < -0.4 is 0 Å². The molecule has 0 aliphatic carbocycles. The summed E-state index contributed by atoms with van der Waals surface area (Å²) in [5.74, 6) is 5.52. The van der Waals surface area contributed by atoms with Gasteiger partial charge in [0.2, 0.25) is 17.8 Å². The van der Waals surface area contributed by atoms with Gasteiger partial charge >= 0.3 is 0 Å². The van der Waals surface area contributed by atoms with E-state index in [1.807, 2.05) is 78.9 Å². The van der Waals surface area contributed by atoms with Crippen molar-refractivity contribution in [2.45, 2.75) is 0 Å². The van der Waals surface area contributed by atoms with Crippen LogP contribution in [0.5, 0.6) is 0 Å². The first-order valence-corrected chi connectivity index (χ1v) is 49.5. The lowest BCUT2D eigenvalue weighted by Crippen LogP contribution is -2.07. The van der Waals surface area contributed by atoms with Crippen LogP contribution in [0, 0.1) is 0 Å². The van der Waals surface area contributed by atoms with Crippen LogP contribution in [0.25, 0.3) is 262 Å². The van der Waals surface area contributed by atoms with Gasteiger partial charge in [0.05, 0.1) is 33.1 Å². The van der Waals surface area contributed by atoms with Crippen molar-refractivity contribution in [2.75, 3.05) is 0 Å². The average molecular weight is 1880 g/mol. The van der Waals surface area contributed by atoms with Crippen LogP contribution in [0.15, 0.2) is 534 Å². The monoisotopic (exact) mass is 1880 g/mol. The Hall–Kier alpha value is -20.0. The largest absolute Gasteiger partial charge is 0.277 e. The third kappa shape index (κ3) is 16.7. The molecule has 28 aromatic rings. The Kier molecular flexibility index (Phi) is 22.7. The predicted molar refractivity (Wildman–Crippen MR) is 606 cm³/mol. The molecule has 0 aliphatic rings. The molecule has 0 radical (unpaired) electrons. The molecule has 0 aliphatic heterocycles. The van der Waals surface area contributed by atoms with Gasteiger partial charge in [0, 0.05) is 82.4 Å². The number of benzene rings is 22. The molecule has 6 heterocycles. The lowest BCUT2D eigenvalue weighted by atomic mass is 9.94. The molecule has 0 unspecified atom stereocenters. The second-order valence-corrected chi connectivity index (χ2v) is 36.7. The molecule has 0 saturated heterocycles. The summed E-state index contributed by atoms with van der Waals surface area (Å²) in [5.41, 5.74) is 28.1. The van der Waals surface area contributed by atoms with Gasteiger partial charge in [-0.15, -0.1) is 0 Å². The van der Waals surface area contributed by atoms with Gasteiger partial charge in [0.1, 0.15) is 0 Å². The zero-order chi connectivity index (χ0) is 97.5.